The number of benzene rings is 1. The van der Waals surface area contributed by atoms with Gasteiger partial charge in [-0.2, -0.15) is 0 Å². The first-order chi connectivity index (χ1) is 8.65. The third-order valence-corrected chi connectivity index (χ3v) is 3.26. The second-order valence-electron chi connectivity index (χ2n) is 4.40. The molecule has 18 heavy (non-hydrogen) atoms. The maximum absolute atomic E-state index is 5.83. The largest absolute Gasteiger partial charge is 0.491 e. The van der Waals surface area contributed by atoms with Crippen molar-refractivity contribution in [1.29, 1.82) is 0 Å². The number of halogens is 1. The third kappa shape index (κ3) is 3.83. The Bertz CT molecular complexity index is 402. The Kier molecular flexibility index (Phi) is 4.80. The summed E-state index contributed by atoms with van der Waals surface area (Å²) in [7, 11) is 0. The van der Waals surface area contributed by atoms with Crippen LogP contribution >= 0.6 is 15.9 Å². The summed E-state index contributed by atoms with van der Waals surface area (Å²) >= 11 is 3.39. The van der Waals surface area contributed by atoms with E-state index in [1.807, 2.05) is 31.2 Å². The van der Waals surface area contributed by atoms with Gasteiger partial charge in [-0.1, -0.05) is 22.5 Å². The predicted molar refractivity (Wildman–Crippen MR) is 73.9 cm³/mol. The van der Waals surface area contributed by atoms with Gasteiger partial charge in [-0.05, 0) is 36.8 Å². The molecule has 1 fully saturated rings. The van der Waals surface area contributed by atoms with Crippen molar-refractivity contribution in [3.8, 4) is 5.75 Å². The highest BCUT2D eigenvalue weighted by atomic mass is 79.9. The molecule has 0 amide bonds. The Morgan fingerprint density at radius 2 is 2.11 bits per heavy atom. The molecule has 0 bridgehead atoms. The third-order valence-electron chi connectivity index (χ3n) is 2.73. The van der Waals surface area contributed by atoms with Crippen molar-refractivity contribution in [3.05, 3.63) is 40.9 Å². The highest BCUT2D eigenvalue weighted by molar-refractivity contribution is 9.10. The van der Waals surface area contributed by atoms with Crippen molar-refractivity contribution in [2.24, 2.45) is 0 Å². The Morgan fingerprint density at radius 1 is 1.39 bits per heavy atom. The van der Waals surface area contributed by atoms with Gasteiger partial charge in [-0.15, -0.1) is 0 Å². The molecule has 4 heteroatoms. The molecule has 0 N–H and O–H groups in total. The van der Waals surface area contributed by atoms with E-state index in [4.69, 9.17) is 14.2 Å². The highest BCUT2D eigenvalue weighted by Gasteiger charge is 2.23. The lowest BCUT2D eigenvalue weighted by Crippen LogP contribution is -2.39. The van der Waals surface area contributed by atoms with Crippen LogP contribution in [0.25, 0.3) is 0 Å². The van der Waals surface area contributed by atoms with Crippen molar-refractivity contribution < 1.29 is 14.2 Å². The van der Waals surface area contributed by atoms with Gasteiger partial charge in [-0.25, -0.2) is 0 Å². The van der Waals surface area contributed by atoms with Gasteiger partial charge in [0.25, 0.3) is 0 Å². The van der Waals surface area contributed by atoms with E-state index in [0.29, 0.717) is 19.8 Å². The average Bonchev–Trinajstić information content (AvgIpc) is 2.38. The minimum Gasteiger partial charge on any atom is -0.491 e. The van der Waals surface area contributed by atoms with Gasteiger partial charge in [0.2, 0.25) is 0 Å². The van der Waals surface area contributed by atoms with Gasteiger partial charge in [-0.3, -0.25) is 0 Å². The molecule has 98 valence electrons. The second-order valence-corrected chi connectivity index (χ2v) is 5.31. The quantitative estimate of drug-likeness (QED) is 0.799. The number of rotatable bonds is 4. The summed E-state index contributed by atoms with van der Waals surface area (Å²) in [4.78, 5) is 0. The fraction of sp³-hybridized carbons (Fsp3) is 0.429. The van der Waals surface area contributed by atoms with E-state index < -0.39 is 0 Å². The summed E-state index contributed by atoms with van der Waals surface area (Å²) in [6.45, 7) is 7.49. The number of hydrogen-bond donors (Lipinski definition) is 0. The summed E-state index contributed by atoms with van der Waals surface area (Å²) in [5, 5.41) is 0. The maximum Gasteiger partial charge on any atom is 0.119 e. The standard InChI is InChI=1S/C14H17BrO3/c1-10(2)14-9-16-7-13(18-14)8-17-12-5-3-11(15)4-6-12/h3-6,13-14H,1,7-9H2,2H3. The first-order valence-corrected chi connectivity index (χ1v) is 6.71. The Balaban J connectivity index is 1.82. The van der Waals surface area contributed by atoms with Crippen LogP contribution < -0.4 is 4.74 Å². The molecule has 0 aromatic heterocycles. The molecule has 1 aliphatic heterocycles. The molecule has 0 radical (unpaired) electrons. The lowest BCUT2D eigenvalue weighted by atomic mass is 10.2. The van der Waals surface area contributed by atoms with E-state index in [9.17, 15) is 0 Å². The summed E-state index contributed by atoms with van der Waals surface area (Å²) in [6.07, 6.45) is -0.0543. The molecule has 0 saturated carbocycles. The molecule has 0 spiro atoms. The lowest BCUT2D eigenvalue weighted by molar-refractivity contribution is -0.134. The van der Waals surface area contributed by atoms with Crippen molar-refractivity contribution >= 4 is 15.9 Å². The number of ether oxygens (including phenoxy) is 3. The van der Waals surface area contributed by atoms with Gasteiger partial charge in [0.15, 0.2) is 0 Å². The zero-order chi connectivity index (χ0) is 13.0. The Labute approximate surface area is 116 Å². The fourth-order valence-corrected chi connectivity index (χ4v) is 1.95. The zero-order valence-electron chi connectivity index (χ0n) is 10.4. The van der Waals surface area contributed by atoms with Crippen molar-refractivity contribution in [1.82, 2.24) is 0 Å². The smallest absolute Gasteiger partial charge is 0.119 e. The van der Waals surface area contributed by atoms with Crippen LogP contribution in [0.3, 0.4) is 0 Å². The van der Waals surface area contributed by atoms with E-state index in [1.165, 1.54) is 0 Å². The molecular formula is C14H17BrO3. The molecule has 1 heterocycles. The first-order valence-electron chi connectivity index (χ1n) is 5.92. The van der Waals surface area contributed by atoms with Crippen LogP contribution in [-0.4, -0.2) is 32.0 Å². The Morgan fingerprint density at radius 3 is 2.78 bits per heavy atom. The minimum atomic E-state index is -0.0379. The zero-order valence-corrected chi connectivity index (χ0v) is 12.0. The van der Waals surface area contributed by atoms with E-state index >= 15 is 0 Å². The topological polar surface area (TPSA) is 27.7 Å². The van der Waals surface area contributed by atoms with Gasteiger partial charge in [0.05, 0.1) is 13.2 Å². The molecule has 0 aliphatic carbocycles. The molecule has 1 aromatic rings. The van der Waals surface area contributed by atoms with E-state index in [1.54, 1.807) is 0 Å². The van der Waals surface area contributed by atoms with Crippen LogP contribution in [0, 0.1) is 0 Å². The van der Waals surface area contributed by atoms with Crippen LogP contribution in [0.2, 0.25) is 0 Å². The van der Waals surface area contributed by atoms with Crippen LogP contribution in [0.4, 0.5) is 0 Å². The molecule has 2 unspecified atom stereocenters. The predicted octanol–water partition coefficient (Wildman–Crippen LogP) is 3.19. The van der Waals surface area contributed by atoms with Gasteiger partial charge < -0.3 is 14.2 Å². The molecule has 1 aromatic carbocycles. The summed E-state index contributed by atoms with van der Waals surface area (Å²) in [5.41, 5.74) is 0.989. The second kappa shape index (κ2) is 6.36. The van der Waals surface area contributed by atoms with E-state index in [-0.39, 0.29) is 12.2 Å². The molecule has 3 nitrogen and oxygen atoms in total. The van der Waals surface area contributed by atoms with Crippen molar-refractivity contribution in [2.75, 3.05) is 19.8 Å². The van der Waals surface area contributed by atoms with Crippen LogP contribution in [0.15, 0.2) is 40.9 Å². The molecule has 2 rings (SSSR count). The van der Waals surface area contributed by atoms with Crippen LogP contribution in [0.5, 0.6) is 5.75 Å². The van der Waals surface area contributed by atoms with E-state index in [2.05, 4.69) is 22.5 Å². The minimum absolute atomic E-state index is 0.0164. The molecule has 1 saturated heterocycles. The van der Waals surface area contributed by atoms with Crippen molar-refractivity contribution in [3.63, 3.8) is 0 Å². The monoisotopic (exact) mass is 312 g/mol. The molecule has 2 atom stereocenters. The van der Waals surface area contributed by atoms with Gasteiger partial charge in [0, 0.05) is 4.47 Å². The summed E-state index contributed by atoms with van der Waals surface area (Å²) in [5.74, 6) is 0.833. The average molecular weight is 313 g/mol. The maximum atomic E-state index is 5.83. The highest BCUT2D eigenvalue weighted by Crippen LogP contribution is 2.18. The summed E-state index contributed by atoms with van der Waals surface area (Å²) < 4.78 is 18.0. The van der Waals surface area contributed by atoms with Crippen LogP contribution in [-0.2, 0) is 9.47 Å². The van der Waals surface area contributed by atoms with Crippen molar-refractivity contribution in [2.45, 2.75) is 19.1 Å². The van der Waals surface area contributed by atoms with E-state index in [0.717, 1.165) is 15.8 Å². The van der Waals surface area contributed by atoms with Gasteiger partial charge >= 0.3 is 0 Å². The normalized spacial score (nSPS) is 23.7. The number of hydrogen-bond acceptors (Lipinski definition) is 3. The van der Waals surface area contributed by atoms with Crippen LogP contribution in [0.1, 0.15) is 6.92 Å². The lowest BCUT2D eigenvalue weighted by Gasteiger charge is -2.30. The molecular weight excluding hydrogens is 296 g/mol. The summed E-state index contributed by atoms with van der Waals surface area (Å²) in [6, 6.07) is 7.74. The first kappa shape index (κ1) is 13.6. The fourth-order valence-electron chi connectivity index (χ4n) is 1.68. The Hall–Kier alpha value is -0.840. The molecule has 1 aliphatic rings. The van der Waals surface area contributed by atoms with Gasteiger partial charge in [0.1, 0.15) is 24.6 Å². The SMILES string of the molecule is C=C(C)C1COCC(COc2ccc(Br)cc2)O1.